The van der Waals surface area contributed by atoms with Crippen molar-refractivity contribution in [2.45, 2.75) is 64.7 Å². The van der Waals surface area contributed by atoms with Crippen LogP contribution in [0.25, 0.3) is 0 Å². The van der Waals surface area contributed by atoms with Crippen molar-refractivity contribution in [3.63, 3.8) is 0 Å². The van der Waals surface area contributed by atoms with E-state index in [0.717, 1.165) is 6.42 Å². The molecule has 4 nitrogen and oxygen atoms in total. The molecule has 0 aliphatic carbocycles. The number of hydrogen-bond donors (Lipinski definition) is 1. The average molecular weight is 255 g/mol. The third-order valence-corrected chi connectivity index (χ3v) is 3.36. The molecule has 0 saturated carbocycles. The van der Waals surface area contributed by atoms with E-state index in [1.807, 2.05) is 6.92 Å². The molecule has 0 aromatic rings. The van der Waals surface area contributed by atoms with E-state index in [-0.39, 0.29) is 0 Å². The van der Waals surface area contributed by atoms with E-state index in [9.17, 15) is 5.26 Å². The zero-order valence-electron chi connectivity index (χ0n) is 12.9. The van der Waals surface area contributed by atoms with Crippen LogP contribution in [0.3, 0.4) is 0 Å². The maximum absolute atomic E-state index is 9.35. The minimum atomic E-state index is -0.478. The Kier molecular flexibility index (Phi) is 7.46. The molecule has 0 fully saturated rings. The Labute approximate surface area is 112 Å². The summed E-state index contributed by atoms with van der Waals surface area (Å²) in [6.07, 6.45) is 0.798. The maximum Gasteiger partial charge on any atom is 0.105 e. The van der Waals surface area contributed by atoms with Gasteiger partial charge in [0.1, 0.15) is 5.54 Å². The fraction of sp³-hybridized carbons (Fsp3) is 0.929. The summed E-state index contributed by atoms with van der Waals surface area (Å²) in [4.78, 5) is 2.26. The third-order valence-electron chi connectivity index (χ3n) is 3.36. The van der Waals surface area contributed by atoms with Gasteiger partial charge < -0.3 is 4.74 Å². The number of ether oxygens (including phenoxy) is 1. The number of rotatable bonds is 8. The van der Waals surface area contributed by atoms with Gasteiger partial charge in [-0.1, -0.05) is 0 Å². The maximum atomic E-state index is 9.35. The lowest BCUT2D eigenvalue weighted by Crippen LogP contribution is -2.50. The second-order valence-corrected chi connectivity index (χ2v) is 5.77. The normalized spacial score (nSPS) is 18.4. The molecule has 0 aromatic carbocycles. The van der Waals surface area contributed by atoms with Crippen LogP contribution in [0.15, 0.2) is 0 Å². The molecule has 18 heavy (non-hydrogen) atoms. The lowest BCUT2D eigenvalue weighted by molar-refractivity contribution is 0.0845. The summed E-state index contributed by atoms with van der Waals surface area (Å²) in [7, 11) is 3.80. The van der Waals surface area contributed by atoms with Gasteiger partial charge in [-0.25, -0.2) is 0 Å². The lowest BCUT2D eigenvalue weighted by Gasteiger charge is -2.35. The summed E-state index contributed by atoms with van der Waals surface area (Å²) in [5.41, 5.74) is -0.478. The molecule has 0 saturated heterocycles. The number of methoxy groups -OCH3 is 1. The van der Waals surface area contributed by atoms with Crippen molar-refractivity contribution in [1.82, 2.24) is 10.2 Å². The van der Waals surface area contributed by atoms with Crippen LogP contribution in [0.2, 0.25) is 0 Å². The van der Waals surface area contributed by atoms with Crippen molar-refractivity contribution in [3.8, 4) is 6.07 Å². The van der Waals surface area contributed by atoms with Crippen LogP contribution in [-0.2, 0) is 4.74 Å². The summed E-state index contributed by atoms with van der Waals surface area (Å²) in [6, 6.07) is 3.39. The van der Waals surface area contributed by atoms with Gasteiger partial charge in [-0.05, 0) is 48.1 Å². The summed E-state index contributed by atoms with van der Waals surface area (Å²) >= 11 is 0. The Morgan fingerprint density at radius 1 is 1.28 bits per heavy atom. The van der Waals surface area contributed by atoms with E-state index in [0.29, 0.717) is 24.7 Å². The smallest absolute Gasteiger partial charge is 0.105 e. The summed E-state index contributed by atoms with van der Waals surface area (Å²) in [6.45, 7) is 11.1. The predicted octanol–water partition coefficient (Wildman–Crippen LogP) is 2.01. The number of nitrogens with zero attached hydrogens (tertiary/aromatic N) is 2. The van der Waals surface area contributed by atoms with Gasteiger partial charge in [-0.15, -0.1) is 0 Å². The van der Waals surface area contributed by atoms with E-state index >= 15 is 0 Å². The Morgan fingerprint density at radius 2 is 1.83 bits per heavy atom. The van der Waals surface area contributed by atoms with Crippen LogP contribution in [-0.4, -0.2) is 49.3 Å². The fourth-order valence-corrected chi connectivity index (χ4v) is 2.30. The van der Waals surface area contributed by atoms with Gasteiger partial charge in [0.25, 0.3) is 0 Å². The largest absolute Gasteiger partial charge is 0.383 e. The molecule has 0 radical (unpaired) electrons. The molecule has 0 heterocycles. The average Bonchev–Trinajstić information content (AvgIpc) is 2.27. The first kappa shape index (κ1) is 17.4. The second-order valence-electron chi connectivity index (χ2n) is 5.77. The quantitative estimate of drug-likeness (QED) is 0.721. The first-order valence-corrected chi connectivity index (χ1v) is 6.65. The van der Waals surface area contributed by atoms with E-state index in [4.69, 9.17) is 4.74 Å². The van der Waals surface area contributed by atoms with Gasteiger partial charge in [0, 0.05) is 25.2 Å². The third kappa shape index (κ3) is 5.81. The highest BCUT2D eigenvalue weighted by Crippen LogP contribution is 2.17. The zero-order chi connectivity index (χ0) is 14.3. The van der Waals surface area contributed by atoms with Crippen LogP contribution in [0.4, 0.5) is 0 Å². The van der Waals surface area contributed by atoms with Gasteiger partial charge in [0.2, 0.25) is 0 Å². The van der Waals surface area contributed by atoms with E-state index < -0.39 is 5.54 Å². The molecular weight excluding hydrogens is 226 g/mol. The Morgan fingerprint density at radius 3 is 2.22 bits per heavy atom. The van der Waals surface area contributed by atoms with E-state index in [1.54, 1.807) is 7.11 Å². The minimum absolute atomic E-state index is 0.309. The molecule has 0 rings (SSSR count). The van der Waals surface area contributed by atoms with Gasteiger partial charge in [0.05, 0.1) is 12.7 Å². The van der Waals surface area contributed by atoms with Crippen molar-refractivity contribution < 1.29 is 4.74 Å². The number of likely N-dealkylation sites (N-methyl/N-ethyl adjacent to an activating group) is 1. The highest BCUT2D eigenvalue weighted by atomic mass is 16.5. The Balaban J connectivity index is 4.52. The lowest BCUT2D eigenvalue weighted by atomic mass is 9.93. The molecule has 0 aromatic heterocycles. The second kappa shape index (κ2) is 7.73. The standard InChI is InChI=1S/C14H29N3O/c1-11(2)16-14(5,10-15)8-12(3)17(6)13(4)9-18-7/h11-13,16H,8-9H2,1-7H3. The molecule has 0 amide bonds. The Hall–Kier alpha value is -0.630. The van der Waals surface area contributed by atoms with Gasteiger partial charge in [-0.3, -0.25) is 10.2 Å². The summed E-state index contributed by atoms with van der Waals surface area (Å²) < 4.78 is 5.17. The van der Waals surface area contributed by atoms with Crippen LogP contribution in [0.5, 0.6) is 0 Å². The molecule has 3 atom stereocenters. The highest BCUT2D eigenvalue weighted by molar-refractivity contribution is 5.06. The van der Waals surface area contributed by atoms with Crippen LogP contribution >= 0.6 is 0 Å². The number of nitriles is 1. The molecule has 0 aliphatic heterocycles. The predicted molar refractivity (Wildman–Crippen MR) is 75.5 cm³/mol. The minimum Gasteiger partial charge on any atom is -0.383 e. The first-order chi connectivity index (χ1) is 8.25. The van der Waals surface area contributed by atoms with Gasteiger partial charge in [0.15, 0.2) is 0 Å². The van der Waals surface area contributed by atoms with Crippen LogP contribution in [0.1, 0.15) is 41.0 Å². The van der Waals surface area contributed by atoms with Crippen molar-refractivity contribution in [2.24, 2.45) is 0 Å². The highest BCUT2D eigenvalue weighted by Gasteiger charge is 2.29. The van der Waals surface area contributed by atoms with Crippen LogP contribution in [0, 0.1) is 11.3 Å². The number of hydrogen-bond acceptors (Lipinski definition) is 4. The summed E-state index contributed by atoms with van der Waals surface area (Å²) in [5, 5.41) is 12.7. The van der Waals surface area contributed by atoms with E-state index in [2.05, 4.69) is 51.0 Å². The number of nitrogens with one attached hydrogen (secondary N) is 1. The topological polar surface area (TPSA) is 48.3 Å². The molecule has 0 spiro atoms. The zero-order valence-corrected chi connectivity index (χ0v) is 12.9. The fourth-order valence-electron chi connectivity index (χ4n) is 2.30. The van der Waals surface area contributed by atoms with Crippen molar-refractivity contribution in [2.75, 3.05) is 20.8 Å². The van der Waals surface area contributed by atoms with Gasteiger partial charge in [-0.2, -0.15) is 5.26 Å². The SMILES string of the molecule is COCC(C)N(C)C(C)CC(C)(C#N)NC(C)C. The molecule has 3 unspecified atom stereocenters. The molecule has 0 aliphatic rings. The summed E-state index contributed by atoms with van der Waals surface area (Å²) in [5.74, 6) is 0. The van der Waals surface area contributed by atoms with Crippen molar-refractivity contribution >= 4 is 0 Å². The molecule has 1 N–H and O–H groups in total. The molecule has 0 bridgehead atoms. The first-order valence-electron chi connectivity index (χ1n) is 6.65. The molecule has 4 heteroatoms. The molecular formula is C14H29N3O. The molecule has 106 valence electrons. The van der Waals surface area contributed by atoms with Crippen molar-refractivity contribution in [3.05, 3.63) is 0 Å². The van der Waals surface area contributed by atoms with E-state index in [1.165, 1.54) is 0 Å². The van der Waals surface area contributed by atoms with Crippen molar-refractivity contribution in [1.29, 1.82) is 5.26 Å². The van der Waals surface area contributed by atoms with Gasteiger partial charge >= 0.3 is 0 Å². The Bertz CT molecular complexity index is 275. The van der Waals surface area contributed by atoms with Crippen LogP contribution < -0.4 is 5.32 Å². The monoisotopic (exact) mass is 255 g/mol.